The maximum absolute atomic E-state index is 13.3. The van der Waals surface area contributed by atoms with Gasteiger partial charge < -0.3 is 14.7 Å². The van der Waals surface area contributed by atoms with Crippen LogP contribution in [-0.2, 0) is 11.2 Å². The number of nitrogens with zero attached hydrogens (tertiary/aromatic N) is 3. The molecule has 1 aromatic heterocycles. The van der Waals surface area contributed by atoms with E-state index in [2.05, 4.69) is 28.9 Å². The quantitative estimate of drug-likeness (QED) is 0.891. The Morgan fingerprint density at radius 3 is 2.78 bits per heavy atom. The molecule has 0 saturated carbocycles. The van der Waals surface area contributed by atoms with Crippen molar-refractivity contribution in [1.82, 2.24) is 14.8 Å². The van der Waals surface area contributed by atoms with Crippen LogP contribution < -0.4 is 0 Å². The molecular formula is C21H27N3O3. The van der Waals surface area contributed by atoms with Gasteiger partial charge in [0.1, 0.15) is 0 Å². The molecule has 1 amide bonds. The summed E-state index contributed by atoms with van der Waals surface area (Å²) in [5, 5.41) is 11.5. The molecule has 0 spiro atoms. The van der Waals surface area contributed by atoms with Crippen molar-refractivity contribution in [3.05, 3.63) is 41.1 Å². The second-order valence-corrected chi connectivity index (χ2v) is 7.51. The topological polar surface area (TPSA) is 65.9 Å². The summed E-state index contributed by atoms with van der Waals surface area (Å²) in [6.45, 7) is 7.93. The Balaban J connectivity index is 1.62. The van der Waals surface area contributed by atoms with Crippen LogP contribution in [0, 0.1) is 6.92 Å². The van der Waals surface area contributed by atoms with Gasteiger partial charge in [0.15, 0.2) is 0 Å². The minimum atomic E-state index is -0.521. The highest BCUT2D eigenvalue weighted by Crippen LogP contribution is 2.25. The molecule has 0 bridgehead atoms. The normalized spacial score (nSPS) is 23.9. The standard InChI is InChI=1S/C21H27N3O3/c1-3-15-4-5-18-16(11-15)17(10-14(2)22-18)21(26)24-12-19(20(25)13-24)23-6-8-27-9-7-23/h4-5,10-11,19-20,25H,3,6-9,12-13H2,1-2H3/t19-,20-/m0/s1. The van der Waals surface area contributed by atoms with Crippen LogP contribution in [0.2, 0.25) is 0 Å². The van der Waals surface area contributed by atoms with E-state index in [-0.39, 0.29) is 11.9 Å². The third kappa shape index (κ3) is 3.57. The lowest BCUT2D eigenvalue weighted by Crippen LogP contribution is -2.49. The number of hydrogen-bond acceptors (Lipinski definition) is 5. The van der Waals surface area contributed by atoms with E-state index in [0.717, 1.165) is 36.1 Å². The van der Waals surface area contributed by atoms with Crippen molar-refractivity contribution >= 4 is 16.8 Å². The van der Waals surface area contributed by atoms with E-state index in [4.69, 9.17) is 4.74 Å². The number of aliphatic hydroxyl groups excluding tert-OH is 1. The average molecular weight is 369 g/mol. The summed E-state index contributed by atoms with van der Waals surface area (Å²) in [4.78, 5) is 21.9. The number of β-amino-alcohol motifs (C(OH)–C–C–N with tert-alkyl or cyclic N) is 1. The number of hydrogen-bond donors (Lipinski definition) is 1. The van der Waals surface area contributed by atoms with Gasteiger partial charge in [0, 0.05) is 37.3 Å². The van der Waals surface area contributed by atoms with Gasteiger partial charge in [0.2, 0.25) is 0 Å². The highest BCUT2D eigenvalue weighted by molar-refractivity contribution is 6.06. The number of amides is 1. The van der Waals surface area contributed by atoms with E-state index < -0.39 is 6.10 Å². The van der Waals surface area contributed by atoms with Crippen LogP contribution in [-0.4, -0.2) is 77.3 Å². The lowest BCUT2D eigenvalue weighted by molar-refractivity contribution is -0.00611. The summed E-state index contributed by atoms with van der Waals surface area (Å²) in [7, 11) is 0. The zero-order valence-electron chi connectivity index (χ0n) is 16.0. The summed E-state index contributed by atoms with van der Waals surface area (Å²) >= 11 is 0. The molecule has 2 aromatic rings. The van der Waals surface area contributed by atoms with Crippen LogP contribution >= 0.6 is 0 Å². The first-order valence-electron chi connectivity index (χ1n) is 9.76. The first-order chi connectivity index (χ1) is 13.1. The lowest BCUT2D eigenvalue weighted by Gasteiger charge is -2.33. The number of carbonyl (C=O) groups excluding carboxylic acids is 1. The molecule has 144 valence electrons. The van der Waals surface area contributed by atoms with Gasteiger partial charge in [-0.05, 0) is 37.1 Å². The Morgan fingerprint density at radius 1 is 1.26 bits per heavy atom. The average Bonchev–Trinajstić information content (AvgIpc) is 3.08. The molecule has 6 heteroatoms. The van der Waals surface area contributed by atoms with E-state index in [0.29, 0.717) is 31.9 Å². The zero-order chi connectivity index (χ0) is 19.0. The van der Waals surface area contributed by atoms with Crippen molar-refractivity contribution in [3.8, 4) is 0 Å². The number of aromatic nitrogens is 1. The van der Waals surface area contributed by atoms with E-state index in [1.807, 2.05) is 19.1 Å². The number of likely N-dealkylation sites (tertiary alicyclic amines) is 1. The van der Waals surface area contributed by atoms with Gasteiger partial charge in [-0.3, -0.25) is 14.7 Å². The molecule has 6 nitrogen and oxygen atoms in total. The van der Waals surface area contributed by atoms with Crippen LogP contribution in [0.15, 0.2) is 24.3 Å². The summed E-state index contributed by atoms with van der Waals surface area (Å²) in [5.41, 5.74) is 3.55. The molecule has 2 aliphatic heterocycles. The van der Waals surface area contributed by atoms with Gasteiger partial charge in [0.25, 0.3) is 5.91 Å². The number of aliphatic hydroxyl groups is 1. The van der Waals surface area contributed by atoms with Gasteiger partial charge in [-0.2, -0.15) is 0 Å². The SMILES string of the molecule is CCc1ccc2nc(C)cc(C(=O)N3C[C@H](O)[C@@H](N4CCOCC4)C3)c2c1. The molecule has 27 heavy (non-hydrogen) atoms. The van der Waals surface area contributed by atoms with Gasteiger partial charge in [-0.1, -0.05) is 13.0 Å². The number of morpholine rings is 1. The van der Waals surface area contributed by atoms with Crippen LogP contribution in [0.3, 0.4) is 0 Å². The Kier molecular flexibility index (Phi) is 5.12. The number of rotatable bonds is 3. The molecule has 0 radical (unpaired) electrons. The number of aryl methyl sites for hydroxylation is 2. The molecule has 2 atom stereocenters. The van der Waals surface area contributed by atoms with Crippen molar-refractivity contribution in [1.29, 1.82) is 0 Å². The van der Waals surface area contributed by atoms with Crippen LogP contribution in [0.25, 0.3) is 10.9 Å². The minimum absolute atomic E-state index is 0.0155. The second-order valence-electron chi connectivity index (χ2n) is 7.51. The maximum atomic E-state index is 13.3. The predicted molar refractivity (Wildman–Crippen MR) is 104 cm³/mol. The van der Waals surface area contributed by atoms with Crippen molar-refractivity contribution in [2.45, 2.75) is 32.4 Å². The van der Waals surface area contributed by atoms with Crippen LogP contribution in [0.4, 0.5) is 0 Å². The molecule has 3 heterocycles. The summed E-state index contributed by atoms with van der Waals surface area (Å²) in [6.07, 6.45) is 0.395. The number of carbonyl (C=O) groups is 1. The molecule has 2 saturated heterocycles. The fourth-order valence-electron chi connectivity index (χ4n) is 4.18. The minimum Gasteiger partial charge on any atom is -0.390 e. The van der Waals surface area contributed by atoms with Crippen molar-refractivity contribution in [2.75, 3.05) is 39.4 Å². The molecule has 1 aromatic carbocycles. The molecule has 0 unspecified atom stereocenters. The number of fused-ring (bicyclic) bond motifs is 1. The third-order valence-corrected chi connectivity index (χ3v) is 5.70. The molecule has 2 fully saturated rings. The first-order valence-corrected chi connectivity index (χ1v) is 9.76. The second kappa shape index (κ2) is 7.54. The predicted octanol–water partition coefficient (Wildman–Crippen LogP) is 1.62. The summed E-state index contributed by atoms with van der Waals surface area (Å²) in [5.74, 6) is -0.0198. The van der Waals surface area contributed by atoms with Gasteiger partial charge in [0.05, 0.1) is 36.4 Å². The van der Waals surface area contributed by atoms with Crippen molar-refractivity contribution < 1.29 is 14.6 Å². The maximum Gasteiger partial charge on any atom is 0.254 e. The van der Waals surface area contributed by atoms with Crippen LogP contribution in [0.5, 0.6) is 0 Å². The number of benzene rings is 1. The first kappa shape index (κ1) is 18.3. The smallest absolute Gasteiger partial charge is 0.254 e. The van der Waals surface area contributed by atoms with E-state index in [1.165, 1.54) is 5.56 Å². The van der Waals surface area contributed by atoms with Crippen LogP contribution in [0.1, 0.15) is 28.5 Å². The molecule has 2 aliphatic rings. The Hall–Kier alpha value is -2.02. The molecular weight excluding hydrogens is 342 g/mol. The van der Waals surface area contributed by atoms with E-state index in [1.54, 1.807) is 4.90 Å². The molecule has 1 N–H and O–H groups in total. The van der Waals surface area contributed by atoms with Gasteiger partial charge in [-0.25, -0.2) is 0 Å². The fraction of sp³-hybridized carbons (Fsp3) is 0.524. The number of pyridine rings is 1. The van der Waals surface area contributed by atoms with Gasteiger partial charge >= 0.3 is 0 Å². The summed E-state index contributed by atoms with van der Waals surface area (Å²) in [6, 6.07) is 7.99. The van der Waals surface area contributed by atoms with E-state index in [9.17, 15) is 9.90 Å². The Labute approximate surface area is 159 Å². The lowest BCUT2D eigenvalue weighted by atomic mass is 10.0. The van der Waals surface area contributed by atoms with Gasteiger partial charge in [-0.15, -0.1) is 0 Å². The number of ether oxygens (including phenoxy) is 1. The Bertz CT molecular complexity index is 848. The Morgan fingerprint density at radius 2 is 2.04 bits per heavy atom. The fourth-order valence-corrected chi connectivity index (χ4v) is 4.18. The highest BCUT2D eigenvalue weighted by Gasteiger charge is 2.38. The van der Waals surface area contributed by atoms with Crippen molar-refractivity contribution in [3.63, 3.8) is 0 Å². The largest absolute Gasteiger partial charge is 0.390 e. The zero-order valence-corrected chi connectivity index (χ0v) is 16.0. The summed E-state index contributed by atoms with van der Waals surface area (Å²) < 4.78 is 5.41. The molecule has 4 rings (SSSR count). The van der Waals surface area contributed by atoms with Crippen molar-refractivity contribution in [2.24, 2.45) is 0 Å². The van der Waals surface area contributed by atoms with E-state index >= 15 is 0 Å². The monoisotopic (exact) mass is 369 g/mol. The third-order valence-electron chi connectivity index (χ3n) is 5.70. The highest BCUT2D eigenvalue weighted by atomic mass is 16.5. The molecule has 0 aliphatic carbocycles.